The quantitative estimate of drug-likeness (QED) is 0.476. The number of hydrogen-bond acceptors (Lipinski definition) is 3. The Kier molecular flexibility index (Phi) is 5.25. The van der Waals surface area contributed by atoms with Gasteiger partial charge in [-0.1, -0.05) is 6.08 Å². The van der Waals surface area contributed by atoms with Gasteiger partial charge in [0.15, 0.2) is 0 Å². The third-order valence-electron chi connectivity index (χ3n) is 2.33. The molecule has 14 heavy (non-hydrogen) atoms. The van der Waals surface area contributed by atoms with Crippen LogP contribution in [-0.4, -0.2) is 48.7 Å². The number of carboxylic acid groups (broad SMARTS) is 1. The average molecular weight is 198 g/mol. The van der Waals surface area contributed by atoms with Crippen LogP contribution in [0.2, 0.25) is 0 Å². The third-order valence-corrected chi connectivity index (χ3v) is 2.33. The molecule has 0 spiro atoms. The molecule has 1 aliphatic rings. The van der Waals surface area contributed by atoms with Gasteiger partial charge >= 0.3 is 5.97 Å². The van der Waals surface area contributed by atoms with Crippen molar-refractivity contribution in [3.05, 3.63) is 12.2 Å². The lowest BCUT2D eigenvalue weighted by molar-refractivity contribution is -0.131. The van der Waals surface area contributed by atoms with Gasteiger partial charge in [-0.3, -0.25) is 0 Å². The lowest BCUT2D eigenvalue weighted by atomic mass is 10.4. The van der Waals surface area contributed by atoms with Crippen LogP contribution in [0.1, 0.15) is 12.8 Å². The maximum atomic E-state index is 10.1. The largest absolute Gasteiger partial charge is 0.478 e. The van der Waals surface area contributed by atoms with Gasteiger partial charge in [-0.2, -0.15) is 0 Å². The molecule has 1 heterocycles. The third kappa shape index (κ3) is 4.99. The van der Waals surface area contributed by atoms with E-state index in [9.17, 15) is 4.79 Å². The minimum Gasteiger partial charge on any atom is -0.478 e. The molecule has 0 amide bonds. The van der Waals surface area contributed by atoms with Crippen LogP contribution in [0, 0.1) is 0 Å². The summed E-state index contributed by atoms with van der Waals surface area (Å²) in [5.41, 5.74) is 0. The highest BCUT2D eigenvalue weighted by molar-refractivity contribution is 5.79. The monoisotopic (exact) mass is 198 g/mol. The fourth-order valence-corrected chi connectivity index (χ4v) is 1.59. The maximum absolute atomic E-state index is 10.1. The Bertz CT molecular complexity index is 198. The molecule has 4 heteroatoms. The van der Waals surface area contributed by atoms with E-state index in [1.807, 2.05) is 0 Å². The molecule has 4 nitrogen and oxygen atoms in total. The molecule has 0 bridgehead atoms. The number of rotatable bonds is 6. The summed E-state index contributed by atoms with van der Waals surface area (Å²) in [6.45, 7) is 5.07. The van der Waals surface area contributed by atoms with E-state index >= 15 is 0 Å². The highest BCUT2D eigenvalue weighted by atomic mass is 16.4. The van der Waals surface area contributed by atoms with Crippen molar-refractivity contribution in [2.24, 2.45) is 0 Å². The molecular formula is C10H18N2O2. The normalized spacial score (nSPS) is 18.0. The number of carboxylic acids is 1. The molecule has 80 valence electrons. The van der Waals surface area contributed by atoms with Gasteiger partial charge in [-0.25, -0.2) is 4.79 Å². The summed E-state index contributed by atoms with van der Waals surface area (Å²) in [5, 5.41) is 11.5. The van der Waals surface area contributed by atoms with Crippen molar-refractivity contribution in [2.45, 2.75) is 12.8 Å². The van der Waals surface area contributed by atoms with E-state index < -0.39 is 5.97 Å². The van der Waals surface area contributed by atoms with E-state index in [0.29, 0.717) is 6.54 Å². The highest BCUT2D eigenvalue weighted by Crippen LogP contribution is 2.05. The van der Waals surface area contributed by atoms with Gasteiger partial charge in [0.05, 0.1) is 0 Å². The van der Waals surface area contributed by atoms with E-state index in [-0.39, 0.29) is 0 Å². The van der Waals surface area contributed by atoms with Crippen molar-refractivity contribution in [1.82, 2.24) is 10.2 Å². The fraction of sp³-hybridized carbons (Fsp3) is 0.700. The summed E-state index contributed by atoms with van der Waals surface area (Å²) >= 11 is 0. The van der Waals surface area contributed by atoms with Crippen molar-refractivity contribution in [3.8, 4) is 0 Å². The second-order valence-corrected chi connectivity index (χ2v) is 3.49. The van der Waals surface area contributed by atoms with Gasteiger partial charge in [0.1, 0.15) is 0 Å². The summed E-state index contributed by atoms with van der Waals surface area (Å²) in [7, 11) is 0. The van der Waals surface area contributed by atoms with Gasteiger partial charge in [-0.15, -0.1) is 0 Å². The lowest BCUT2D eigenvalue weighted by Crippen LogP contribution is -2.30. The predicted octanol–water partition coefficient (Wildman–Crippen LogP) is 0.313. The Labute approximate surface area is 84.6 Å². The first kappa shape index (κ1) is 11.2. The molecule has 0 aromatic rings. The molecule has 0 unspecified atom stereocenters. The van der Waals surface area contributed by atoms with Crippen LogP contribution in [0.5, 0.6) is 0 Å². The molecule has 0 aromatic heterocycles. The summed E-state index contributed by atoms with van der Waals surface area (Å²) in [4.78, 5) is 12.5. The van der Waals surface area contributed by atoms with Gasteiger partial charge in [-0.05, 0) is 25.9 Å². The minimum atomic E-state index is -0.883. The molecule has 2 N–H and O–H groups in total. The number of carbonyl (C=O) groups is 1. The molecule has 1 rings (SSSR count). The topological polar surface area (TPSA) is 52.6 Å². The minimum absolute atomic E-state index is 0.639. The predicted molar refractivity (Wildman–Crippen MR) is 55.3 cm³/mol. The molecule has 1 saturated heterocycles. The first-order valence-electron chi connectivity index (χ1n) is 5.11. The summed E-state index contributed by atoms with van der Waals surface area (Å²) in [6, 6.07) is 0. The first-order valence-corrected chi connectivity index (χ1v) is 5.11. The molecular weight excluding hydrogens is 180 g/mol. The Balaban J connectivity index is 1.91. The maximum Gasteiger partial charge on any atom is 0.328 e. The summed E-state index contributed by atoms with van der Waals surface area (Å²) in [6.07, 6.45) is 5.44. The first-order chi connectivity index (χ1) is 6.79. The average Bonchev–Trinajstić information content (AvgIpc) is 2.63. The van der Waals surface area contributed by atoms with Crippen LogP contribution in [0.15, 0.2) is 12.2 Å². The Hall–Kier alpha value is -0.870. The van der Waals surface area contributed by atoms with Crippen molar-refractivity contribution in [2.75, 3.05) is 32.7 Å². The van der Waals surface area contributed by atoms with Crippen molar-refractivity contribution < 1.29 is 9.90 Å². The number of nitrogens with zero attached hydrogens (tertiary/aromatic N) is 1. The van der Waals surface area contributed by atoms with E-state index in [4.69, 9.17) is 5.11 Å². The lowest BCUT2D eigenvalue weighted by Gasteiger charge is -2.13. The SMILES string of the molecule is O=C(O)/C=C/CNCCN1CCCC1. The Morgan fingerprint density at radius 2 is 2.14 bits per heavy atom. The van der Waals surface area contributed by atoms with Gasteiger partial charge < -0.3 is 15.3 Å². The zero-order valence-corrected chi connectivity index (χ0v) is 8.41. The van der Waals surface area contributed by atoms with Gasteiger partial charge in [0.2, 0.25) is 0 Å². The smallest absolute Gasteiger partial charge is 0.328 e. The molecule has 0 saturated carbocycles. The van der Waals surface area contributed by atoms with Gasteiger partial charge in [0, 0.05) is 25.7 Å². The second kappa shape index (κ2) is 6.56. The zero-order chi connectivity index (χ0) is 10.2. The molecule has 0 aliphatic carbocycles. The van der Waals surface area contributed by atoms with Crippen molar-refractivity contribution in [1.29, 1.82) is 0 Å². The number of hydrogen-bond donors (Lipinski definition) is 2. The number of likely N-dealkylation sites (tertiary alicyclic amines) is 1. The van der Waals surface area contributed by atoms with Gasteiger partial charge in [0.25, 0.3) is 0 Å². The number of nitrogens with one attached hydrogen (secondary N) is 1. The van der Waals surface area contributed by atoms with E-state index in [2.05, 4.69) is 10.2 Å². The van der Waals surface area contributed by atoms with Crippen LogP contribution in [0.25, 0.3) is 0 Å². The summed E-state index contributed by atoms with van der Waals surface area (Å²) in [5.74, 6) is -0.883. The van der Waals surface area contributed by atoms with Crippen molar-refractivity contribution in [3.63, 3.8) is 0 Å². The highest BCUT2D eigenvalue weighted by Gasteiger charge is 2.09. The van der Waals surface area contributed by atoms with Crippen LogP contribution in [0.3, 0.4) is 0 Å². The molecule has 0 radical (unpaired) electrons. The standard InChI is InChI=1S/C10H18N2O2/c13-10(14)4-3-5-11-6-9-12-7-1-2-8-12/h3-4,11H,1-2,5-9H2,(H,13,14)/b4-3+. The second-order valence-electron chi connectivity index (χ2n) is 3.49. The molecule has 1 fully saturated rings. The fourth-order valence-electron chi connectivity index (χ4n) is 1.59. The van der Waals surface area contributed by atoms with Crippen LogP contribution in [0.4, 0.5) is 0 Å². The molecule has 0 atom stereocenters. The van der Waals surface area contributed by atoms with Crippen LogP contribution in [-0.2, 0) is 4.79 Å². The van der Waals surface area contributed by atoms with E-state index in [1.165, 1.54) is 32.0 Å². The zero-order valence-electron chi connectivity index (χ0n) is 8.41. The van der Waals surface area contributed by atoms with E-state index in [0.717, 1.165) is 13.1 Å². The van der Waals surface area contributed by atoms with E-state index in [1.54, 1.807) is 6.08 Å². The Morgan fingerprint density at radius 1 is 1.43 bits per heavy atom. The molecule has 0 aromatic carbocycles. The number of aliphatic carboxylic acids is 1. The van der Waals surface area contributed by atoms with Crippen molar-refractivity contribution >= 4 is 5.97 Å². The molecule has 1 aliphatic heterocycles. The Morgan fingerprint density at radius 3 is 2.79 bits per heavy atom. The van der Waals surface area contributed by atoms with Crippen LogP contribution >= 0.6 is 0 Å². The van der Waals surface area contributed by atoms with Crippen LogP contribution < -0.4 is 5.32 Å². The summed E-state index contributed by atoms with van der Waals surface area (Å²) < 4.78 is 0.